The minimum Gasteiger partial charge on any atom is -0.345 e. The van der Waals surface area contributed by atoms with Crippen LogP contribution in [0.4, 0.5) is 0 Å². The first kappa shape index (κ1) is 13.7. The van der Waals surface area contributed by atoms with Crippen LogP contribution in [0.2, 0.25) is 10.0 Å². The summed E-state index contributed by atoms with van der Waals surface area (Å²) in [6, 6.07) is 5.05. The van der Waals surface area contributed by atoms with Gasteiger partial charge in [0.1, 0.15) is 0 Å². The van der Waals surface area contributed by atoms with Gasteiger partial charge in [-0.3, -0.25) is 4.79 Å². The Hall–Kier alpha value is -0.770. The molecule has 0 radical (unpaired) electrons. The Balaban J connectivity index is 2.19. The van der Waals surface area contributed by atoms with E-state index >= 15 is 0 Å². The molecule has 0 unspecified atom stereocenters. The molecule has 0 spiro atoms. The number of nitrogens with one attached hydrogen (secondary N) is 1. The summed E-state index contributed by atoms with van der Waals surface area (Å²) >= 11 is 11.9. The molecule has 1 aliphatic rings. The average molecular weight is 287 g/mol. The first-order valence-electron chi connectivity index (χ1n) is 6.05. The third kappa shape index (κ3) is 2.63. The highest BCUT2D eigenvalue weighted by Gasteiger charge is 2.34. The summed E-state index contributed by atoms with van der Waals surface area (Å²) in [6.45, 7) is 0.455. The highest BCUT2D eigenvalue weighted by atomic mass is 35.5. The molecule has 0 heterocycles. The first-order valence-corrected chi connectivity index (χ1v) is 6.80. The Labute approximate surface area is 117 Å². The van der Waals surface area contributed by atoms with Crippen molar-refractivity contribution in [1.82, 2.24) is 5.32 Å². The van der Waals surface area contributed by atoms with Gasteiger partial charge < -0.3 is 11.1 Å². The van der Waals surface area contributed by atoms with Crippen molar-refractivity contribution in [3.05, 3.63) is 33.8 Å². The summed E-state index contributed by atoms with van der Waals surface area (Å²) < 4.78 is 0. The zero-order chi connectivity index (χ0) is 13.2. The van der Waals surface area contributed by atoms with Gasteiger partial charge >= 0.3 is 0 Å². The standard InChI is InChI=1S/C13H16Cl2N2O/c14-10-5-3-4-9(11(10)15)12(18)17-13(8-16)6-1-2-7-13/h3-5H,1-2,6-8,16H2,(H,17,18). The second-order valence-corrected chi connectivity index (χ2v) is 5.53. The maximum Gasteiger partial charge on any atom is 0.253 e. The smallest absolute Gasteiger partial charge is 0.253 e. The van der Waals surface area contributed by atoms with Gasteiger partial charge in [-0.25, -0.2) is 0 Å². The third-order valence-electron chi connectivity index (χ3n) is 3.53. The van der Waals surface area contributed by atoms with Gasteiger partial charge in [0, 0.05) is 6.54 Å². The second kappa shape index (κ2) is 5.47. The van der Waals surface area contributed by atoms with Crippen molar-refractivity contribution in [3.8, 4) is 0 Å². The lowest BCUT2D eigenvalue weighted by atomic mass is 9.97. The predicted octanol–water partition coefficient (Wildman–Crippen LogP) is 2.99. The van der Waals surface area contributed by atoms with E-state index in [0.29, 0.717) is 22.2 Å². The van der Waals surface area contributed by atoms with Crippen LogP contribution in [0.25, 0.3) is 0 Å². The van der Waals surface area contributed by atoms with Crippen LogP contribution in [0.1, 0.15) is 36.0 Å². The average Bonchev–Trinajstić information content (AvgIpc) is 2.81. The van der Waals surface area contributed by atoms with Crippen LogP contribution >= 0.6 is 23.2 Å². The lowest BCUT2D eigenvalue weighted by Crippen LogP contribution is -2.51. The highest BCUT2D eigenvalue weighted by Crippen LogP contribution is 2.30. The largest absolute Gasteiger partial charge is 0.345 e. The molecule has 98 valence electrons. The molecule has 1 aliphatic carbocycles. The van der Waals surface area contributed by atoms with Crippen LogP contribution in [0.3, 0.4) is 0 Å². The minimum atomic E-state index is -0.275. The summed E-state index contributed by atoms with van der Waals surface area (Å²) in [7, 11) is 0. The number of benzene rings is 1. The lowest BCUT2D eigenvalue weighted by molar-refractivity contribution is 0.0903. The third-order valence-corrected chi connectivity index (χ3v) is 4.35. The zero-order valence-electron chi connectivity index (χ0n) is 10.0. The van der Waals surface area contributed by atoms with Crippen molar-refractivity contribution >= 4 is 29.1 Å². The van der Waals surface area contributed by atoms with Crippen LogP contribution in [-0.2, 0) is 0 Å². The molecular formula is C13H16Cl2N2O. The molecule has 3 N–H and O–H groups in total. The van der Waals surface area contributed by atoms with Crippen molar-refractivity contribution in [3.63, 3.8) is 0 Å². The van der Waals surface area contributed by atoms with Crippen LogP contribution in [0.15, 0.2) is 18.2 Å². The summed E-state index contributed by atoms with van der Waals surface area (Å²) in [4.78, 5) is 12.2. The van der Waals surface area contributed by atoms with E-state index in [0.717, 1.165) is 25.7 Å². The van der Waals surface area contributed by atoms with E-state index in [4.69, 9.17) is 28.9 Å². The normalized spacial score (nSPS) is 17.7. The number of hydrogen-bond donors (Lipinski definition) is 2. The number of amides is 1. The maximum atomic E-state index is 12.2. The Bertz CT molecular complexity index is 456. The summed E-state index contributed by atoms with van der Waals surface area (Å²) in [5.74, 6) is -0.199. The fourth-order valence-corrected chi connectivity index (χ4v) is 2.81. The molecule has 5 heteroatoms. The fourth-order valence-electron chi connectivity index (χ4n) is 2.42. The molecule has 0 bridgehead atoms. The second-order valence-electron chi connectivity index (χ2n) is 4.75. The Kier molecular flexibility index (Phi) is 4.15. The van der Waals surface area contributed by atoms with Crippen molar-refractivity contribution in [2.24, 2.45) is 5.73 Å². The van der Waals surface area contributed by atoms with Gasteiger partial charge in [-0.15, -0.1) is 0 Å². The molecule has 1 saturated carbocycles. The molecule has 2 rings (SSSR count). The number of hydrogen-bond acceptors (Lipinski definition) is 2. The molecule has 1 aromatic rings. The van der Waals surface area contributed by atoms with Gasteiger partial charge in [0.2, 0.25) is 0 Å². The van der Waals surface area contributed by atoms with Gasteiger partial charge in [-0.05, 0) is 25.0 Å². The van der Waals surface area contributed by atoms with Gasteiger partial charge in [0.15, 0.2) is 0 Å². The van der Waals surface area contributed by atoms with E-state index < -0.39 is 0 Å². The monoisotopic (exact) mass is 286 g/mol. The Morgan fingerprint density at radius 2 is 2.00 bits per heavy atom. The van der Waals surface area contributed by atoms with E-state index in [1.165, 1.54) is 0 Å². The summed E-state index contributed by atoms with van der Waals surface area (Å²) in [5.41, 5.74) is 5.92. The van der Waals surface area contributed by atoms with Crippen LogP contribution in [0, 0.1) is 0 Å². The van der Waals surface area contributed by atoms with Crippen LogP contribution in [-0.4, -0.2) is 18.0 Å². The number of carbonyl (C=O) groups is 1. The van der Waals surface area contributed by atoms with Gasteiger partial charge in [-0.1, -0.05) is 42.1 Å². The minimum absolute atomic E-state index is 0.199. The molecule has 3 nitrogen and oxygen atoms in total. The highest BCUT2D eigenvalue weighted by molar-refractivity contribution is 6.43. The van der Waals surface area contributed by atoms with E-state index in [-0.39, 0.29) is 11.4 Å². The molecule has 18 heavy (non-hydrogen) atoms. The topological polar surface area (TPSA) is 55.1 Å². The summed E-state index contributed by atoms with van der Waals surface area (Å²) in [5, 5.41) is 3.70. The fraction of sp³-hybridized carbons (Fsp3) is 0.462. The predicted molar refractivity (Wildman–Crippen MR) is 74.2 cm³/mol. The SMILES string of the molecule is NCC1(NC(=O)c2cccc(Cl)c2Cl)CCCC1. The van der Waals surface area contributed by atoms with E-state index in [1.807, 2.05) is 0 Å². The number of halogens is 2. The van der Waals surface area contributed by atoms with Crippen molar-refractivity contribution in [1.29, 1.82) is 0 Å². The number of nitrogens with two attached hydrogens (primary N) is 1. The zero-order valence-corrected chi connectivity index (χ0v) is 11.5. The Morgan fingerprint density at radius 3 is 2.61 bits per heavy atom. The summed E-state index contributed by atoms with van der Waals surface area (Å²) in [6.07, 6.45) is 4.04. The van der Waals surface area contributed by atoms with Crippen molar-refractivity contribution in [2.75, 3.05) is 6.54 Å². The van der Waals surface area contributed by atoms with Crippen LogP contribution in [0.5, 0.6) is 0 Å². The van der Waals surface area contributed by atoms with E-state index in [2.05, 4.69) is 5.32 Å². The van der Waals surface area contributed by atoms with Gasteiger partial charge in [0.05, 0.1) is 21.1 Å². The lowest BCUT2D eigenvalue weighted by Gasteiger charge is -2.28. The number of rotatable bonds is 3. The van der Waals surface area contributed by atoms with E-state index in [9.17, 15) is 4.79 Å². The molecule has 0 aromatic heterocycles. The van der Waals surface area contributed by atoms with Crippen molar-refractivity contribution < 1.29 is 4.79 Å². The van der Waals surface area contributed by atoms with Gasteiger partial charge in [-0.2, -0.15) is 0 Å². The van der Waals surface area contributed by atoms with Gasteiger partial charge in [0.25, 0.3) is 5.91 Å². The van der Waals surface area contributed by atoms with Crippen LogP contribution < -0.4 is 11.1 Å². The molecule has 1 amide bonds. The Morgan fingerprint density at radius 1 is 1.33 bits per heavy atom. The van der Waals surface area contributed by atoms with E-state index in [1.54, 1.807) is 18.2 Å². The molecule has 0 aliphatic heterocycles. The molecule has 0 atom stereocenters. The molecule has 1 fully saturated rings. The quantitative estimate of drug-likeness (QED) is 0.898. The molecule has 0 saturated heterocycles. The maximum absolute atomic E-state index is 12.2. The van der Waals surface area contributed by atoms with Crippen molar-refractivity contribution in [2.45, 2.75) is 31.2 Å². The number of carbonyl (C=O) groups excluding carboxylic acids is 1. The molecular weight excluding hydrogens is 271 g/mol. The first-order chi connectivity index (χ1) is 8.58. The molecule has 1 aromatic carbocycles.